The van der Waals surface area contributed by atoms with Crippen molar-refractivity contribution in [1.29, 1.82) is 0 Å². The summed E-state index contributed by atoms with van der Waals surface area (Å²) >= 11 is 8.62. The normalized spacial score (nSPS) is 11.4. The summed E-state index contributed by atoms with van der Waals surface area (Å²) in [5.41, 5.74) is 9.64. The van der Waals surface area contributed by atoms with Crippen molar-refractivity contribution in [3.8, 4) is 0 Å². The van der Waals surface area contributed by atoms with Gasteiger partial charge in [-0.15, -0.1) is 11.8 Å². The van der Waals surface area contributed by atoms with E-state index in [-0.39, 0.29) is 11.7 Å². The molecule has 0 aromatic heterocycles. The predicted molar refractivity (Wildman–Crippen MR) is 98.0 cm³/mol. The van der Waals surface area contributed by atoms with Crippen molar-refractivity contribution in [2.24, 2.45) is 5.73 Å². The maximum atomic E-state index is 12.0. The van der Waals surface area contributed by atoms with Crippen LogP contribution in [-0.4, -0.2) is 41.6 Å². The molecule has 1 aromatic rings. The van der Waals surface area contributed by atoms with Crippen LogP contribution in [0.1, 0.15) is 6.42 Å². The van der Waals surface area contributed by atoms with E-state index in [4.69, 9.17) is 17.3 Å². The molecule has 0 radical (unpaired) electrons. The third-order valence-corrected chi connectivity index (χ3v) is 4.66. The second-order valence-electron chi connectivity index (χ2n) is 4.62. The zero-order valence-corrected chi connectivity index (χ0v) is 15.4. The number of primary amides is 1. The van der Waals surface area contributed by atoms with E-state index in [1.807, 2.05) is 6.26 Å². The number of thioether (sulfide) groups is 2. The Balaban J connectivity index is 2.38. The molecule has 1 atom stereocenters. The Morgan fingerprint density at radius 2 is 1.88 bits per heavy atom. The Hall–Kier alpha value is -1.58. The fourth-order valence-corrected chi connectivity index (χ4v) is 2.91. The minimum Gasteiger partial charge on any atom is -0.352 e. The minimum absolute atomic E-state index is 0.126. The lowest BCUT2D eigenvalue weighted by Gasteiger charge is -2.17. The quantitative estimate of drug-likeness (QED) is 0.395. The number of hydrazine groups is 1. The molecule has 0 bridgehead atoms. The Morgan fingerprint density at radius 3 is 2.46 bits per heavy atom. The van der Waals surface area contributed by atoms with E-state index >= 15 is 0 Å². The van der Waals surface area contributed by atoms with E-state index in [1.165, 1.54) is 23.5 Å². The van der Waals surface area contributed by atoms with Crippen molar-refractivity contribution in [3.63, 3.8) is 0 Å². The first-order valence-corrected chi connectivity index (χ1v) is 9.70. The molecule has 4 amide bonds. The van der Waals surface area contributed by atoms with Gasteiger partial charge in [0.05, 0.1) is 5.75 Å². The zero-order valence-electron chi connectivity index (χ0n) is 13.0. The fourth-order valence-electron chi connectivity index (χ4n) is 1.61. The van der Waals surface area contributed by atoms with E-state index in [1.54, 1.807) is 24.3 Å². The van der Waals surface area contributed by atoms with Gasteiger partial charge in [0.2, 0.25) is 5.91 Å². The molecular weight excluding hydrogens is 372 g/mol. The first-order valence-electron chi connectivity index (χ1n) is 6.94. The van der Waals surface area contributed by atoms with Gasteiger partial charge in [-0.25, -0.2) is 4.79 Å². The molecule has 24 heavy (non-hydrogen) atoms. The van der Waals surface area contributed by atoms with Crippen molar-refractivity contribution in [1.82, 2.24) is 16.2 Å². The average Bonchev–Trinajstić information content (AvgIpc) is 2.55. The number of nitrogens with two attached hydrogens (primary N) is 1. The molecule has 10 heteroatoms. The fraction of sp³-hybridized carbons (Fsp3) is 0.357. The molecule has 0 saturated carbocycles. The summed E-state index contributed by atoms with van der Waals surface area (Å²) in [6.45, 7) is 0. The largest absolute Gasteiger partial charge is 0.352 e. The lowest BCUT2D eigenvalue weighted by molar-refractivity contribution is -0.128. The van der Waals surface area contributed by atoms with Gasteiger partial charge in [0.25, 0.3) is 5.91 Å². The van der Waals surface area contributed by atoms with Crippen LogP contribution in [0.15, 0.2) is 29.2 Å². The van der Waals surface area contributed by atoms with Crippen molar-refractivity contribution >= 4 is 53.0 Å². The molecule has 0 heterocycles. The lowest BCUT2D eigenvalue weighted by atomic mass is 10.2. The molecule has 0 aliphatic rings. The SMILES string of the molecule is CSCC[C@@H](NC(N)=O)C(=O)NNC(=O)CSc1ccc(Cl)cc1. The van der Waals surface area contributed by atoms with Gasteiger partial charge in [0.1, 0.15) is 6.04 Å². The second-order valence-corrected chi connectivity index (χ2v) is 7.09. The molecule has 0 saturated heterocycles. The number of nitrogens with one attached hydrogen (secondary N) is 3. The number of hydrogen-bond donors (Lipinski definition) is 4. The molecule has 0 aliphatic heterocycles. The maximum absolute atomic E-state index is 12.0. The number of hydrogen-bond acceptors (Lipinski definition) is 5. The molecule has 132 valence electrons. The summed E-state index contributed by atoms with van der Waals surface area (Å²) in [6.07, 6.45) is 2.29. The summed E-state index contributed by atoms with van der Waals surface area (Å²) in [5.74, 6) is -0.0991. The standard InChI is InChI=1S/C14H19ClN4O3S2/c1-23-7-6-11(17-14(16)22)13(21)19-18-12(20)8-24-10-4-2-9(15)3-5-10/h2-5,11H,6-8H2,1H3,(H,18,20)(H,19,21)(H3,16,17,22)/t11-/m1/s1. The van der Waals surface area contributed by atoms with Crippen LogP contribution in [0.2, 0.25) is 5.02 Å². The zero-order chi connectivity index (χ0) is 17.9. The summed E-state index contributed by atoms with van der Waals surface area (Å²) in [5, 5.41) is 2.97. The van der Waals surface area contributed by atoms with Crippen LogP contribution in [0.5, 0.6) is 0 Å². The highest BCUT2D eigenvalue weighted by molar-refractivity contribution is 8.00. The minimum atomic E-state index is -0.792. The Morgan fingerprint density at radius 1 is 1.21 bits per heavy atom. The van der Waals surface area contributed by atoms with Gasteiger partial charge in [-0.1, -0.05) is 11.6 Å². The van der Waals surface area contributed by atoms with Crippen LogP contribution in [0, 0.1) is 0 Å². The van der Waals surface area contributed by atoms with Crippen LogP contribution in [0.25, 0.3) is 0 Å². The number of carbonyl (C=O) groups excluding carboxylic acids is 3. The Bertz CT molecular complexity index is 572. The third-order valence-electron chi connectivity index (χ3n) is 2.75. The van der Waals surface area contributed by atoms with Crippen LogP contribution in [-0.2, 0) is 9.59 Å². The number of amides is 4. The van der Waals surface area contributed by atoms with Gasteiger partial charge in [-0.2, -0.15) is 11.8 Å². The topological polar surface area (TPSA) is 113 Å². The summed E-state index contributed by atoms with van der Waals surface area (Å²) in [4.78, 5) is 35.5. The van der Waals surface area contributed by atoms with E-state index in [9.17, 15) is 14.4 Å². The predicted octanol–water partition coefficient (Wildman–Crippen LogP) is 1.37. The van der Waals surface area contributed by atoms with Crippen molar-refractivity contribution in [2.45, 2.75) is 17.4 Å². The maximum Gasteiger partial charge on any atom is 0.312 e. The van der Waals surface area contributed by atoms with Gasteiger partial charge in [0, 0.05) is 9.92 Å². The lowest BCUT2D eigenvalue weighted by Crippen LogP contribution is -2.53. The summed E-state index contributed by atoms with van der Waals surface area (Å²) in [6, 6.07) is 5.48. The second kappa shape index (κ2) is 11.1. The molecule has 0 spiro atoms. The van der Waals surface area contributed by atoms with Crippen LogP contribution < -0.4 is 21.9 Å². The van der Waals surface area contributed by atoms with E-state index in [2.05, 4.69) is 16.2 Å². The molecule has 0 unspecified atom stereocenters. The average molecular weight is 391 g/mol. The van der Waals surface area contributed by atoms with Gasteiger partial charge < -0.3 is 11.1 Å². The molecule has 1 aromatic carbocycles. The molecule has 0 fully saturated rings. The Kier molecular flexibility index (Phi) is 9.43. The highest BCUT2D eigenvalue weighted by atomic mass is 35.5. The number of rotatable bonds is 8. The van der Waals surface area contributed by atoms with E-state index in [0.29, 0.717) is 17.2 Å². The van der Waals surface area contributed by atoms with Crippen LogP contribution in [0.4, 0.5) is 4.79 Å². The number of benzene rings is 1. The van der Waals surface area contributed by atoms with E-state index in [0.717, 1.165) is 4.90 Å². The number of halogens is 1. The van der Waals surface area contributed by atoms with Crippen molar-refractivity contribution < 1.29 is 14.4 Å². The van der Waals surface area contributed by atoms with Gasteiger partial charge in [0.15, 0.2) is 0 Å². The van der Waals surface area contributed by atoms with Crippen molar-refractivity contribution in [3.05, 3.63) is 29.3 Å². The van der Waals surface area contributed by atoms with E-state index < -0.39 is 18.0 Å². The molecule has 0 aliphatic carbocycles. The third kappa shape index (κ3) is 8.32. The molecule has 7 nitrogen and oxygen atoms in total. The van der Waals surface area contributed by atoms with Crippen LogP contribution in [0.3, 0.4) is 0 Å². The van der Waals surface area contributed by atoms with Crippen molar-refractivity contribution in [2.75, 3.05) is 17.8 Å². The van der Waals surface area contributed by atoms with Gasteiger partial charge >= 0.3 is 6.03 Å². The highest BCUT2D eigenvalue weighted by Crippen LogP contribution is 2.19. The summed E-state index contributed by atoms with van der Waals surface area (Å²) < 4.78 is 0. The monoisotopic (exact) mass is 390 g/mol. The first-order chi connectivity index (χ1) is 11.4. The molecular formula is C14H19ClN4O3S2. The summed E-state index contributed by atoms with van der Waals surface area (Å²) in [7, 11) is 0. The molecule has 1 rings (SSSR count). The first kappa shape index (κ1) is 20.5. The van der Waals surface area contributed by atoms with Gasteiger partial charge in [-0.3, -0.25) is 20.4 Å². The van der Waals surface area contributed by atoms with Gasteiger partial charge in [-0.05, 0) is 42.7 Å². The number of carbonyl (C=O) groups is 3. The van der Waals surface area contributed by atoms with Crippen LogP contribution >= 0.6 is 35.1 Å². The highest BCUT2D eigenvalue weighted by Gasteiger charge is 2.19. The smallest absolute Gasteiger partial charge is 0.312 e. The molecule has 5 N–H and O–H groups in total. The number of urea groups is 1. The Labute approximate surface area is 153 Å².